The first-order chi connectivity index (χ1) is 9.41. The minimum atomic E-state index is -0.870. The fourth-order valence-corrected chi connectivity index (χ4v) is 2.70. The van der Waals surface area contributed by atoms with Gasteiger partial charge in [-0.15, -0.1) is 0 Å². The number of aromatic hydroxyl groups is 1. The Hall–Kier alpha value is -2.04. The van der Waals surface area contributed by atoms with E-state index in [9.17, 15) is 19.8 Å². The summed E-state index contributed by atoms with van der Waals surface area (Å²) < 4.78 is 0. The quantitative estimate of drug-likeness (QED) is 0.781. The maximum Gasteiger partial charge on any atom is 0.311 e. The molecule has 2 unspecified atom stereocenters. The van der Waals surface area contributed by atoms with Gasteiger partial charge >= 0.3 is 5.97 Å². The normalized spacial score (nSPS) is 25.4. The Bertz CT molecular complexity index is 511. The Labute approximate surface area is 117 Å². The number of carbonyl (C=O) groups is 2. The predicted molar refractivity (Wildman–Crippen MR) is 73.3 cm³/mol. The number of hydrogen-bond donors (Lipinski definition) is 3. The minimum absolute atomic E-state index is 0.156. The number of aliphatic carboxylic acids is 1. The van der Waals surface area contributed by atoms with Crippen molar-refractivity contribution in [3.05, 3.63) is 29.8 Å². The molecule has 1 aliphatic carbocycles. The lowest BCUT2D eigenvalue weighted by atomic mass is 9.85. The molecule has 1 saturated carbocycles. The van der Waals surface area contributed by atoms with Crippen LogP contribution in [0.1, 0.15) is 31.7 Å². The summed E-state index contributed by atoms with van der Waals surface area (Å²) in [6, 6.07) is 6.10. The van der Waals surface area contributed by atoms with Gasteiger partial charge in [-0.1, -0.05) is 18.6 Å². The highest BCUT2D eigenvalue weighted by molar-refractivity contribution is 5.81. The van der Waals surface area contributed by atoms with E-state index in [4.69, 9.17) is 0 Å². The summed E-state index contributed by atoms with van der Waals surface area (Å²) in [5, 5.41) is 21.3. The zero-order valence-electron chi connectivity index (χ0n) is 11.4. The third-order valence-corrected chi connectivity index (χ3v) is 4.08. The maximum atomic E-state index is 12.0. The second-order valence-electron chi connectivity index (χ2n) is 5.58. The Morgan fingerprint density at radius 3 is 2.60 bits per heavy atom. The molecule has 108 valence electrons. The molecule has 0 heterocycles. The van der Waals surface area contributed by atoms with Crippen molar-refractivity contribution in [1.82, 2.24) is 5.32 Å². The van der Waals surface area contributed by atoms with E-state index in [1.165, 1.54) is 12.1 Å². The molecule has 0 aliphatic heterocycles. The second-order valence-corrected chi connectivity index (χ2v) is 5.58. The van der Waals surface area contributed by atoms with Crippen LogP contribution in [0.4, 0.5) is 0 Å². The van der Waals surface area contributed by atoms with Crippen molar-refractivity contribution < 1.29 is 19.8 Å². The van der Waals surface area contributed by atoms with E-state index < -0.39 is 11.4 Å². The predicted octanol–water partition coefficient (Wildman–Crippen LogP) is 1.69. The topological polar surface area (TPSA) is 86.6 Å². The first kappa shape index (κ1) is 14.4. The Balaban J connectivity index is 1.98. The number of amides is 1. The number of nitrogens with one attached hydrogen (secondary N) is 1. The van der Waals surface area contributed by atoms with Gasteiger partial charge in [-0.05, 0) is 37.5 Å². The van der Waals surface area contributed by atoms with Gasteiger partial charge in [0.05, 0.1) is 11.8 Å². The van der Waals surface area contributed by atoms with Crippen LogP contribution in [0.2, 0.25) is 0 Å². The number of phenolic OH excluding ortho intramolecular Hbond substituents is 1. The molecule has 1 aromatic rings. The summed E-state index contributed by atoms with van der Waals surface area (Å²) in [5.41, 5.74) is -0.0831. The Morgan fingerprint density at radius 1 is 1.35 bits per heavy atom. The molecule has 0 spiro atoms. The Kier molecular flexibility index (Phi) is 3.97. The highest BCUT2D eigenvalue weighted by Crippen LogP contribution is 2.38. The zero-order valence-corrected chi connectivity index (χ0v) is 11.4. The molecule has 1 aliphatic rings. The van der Waals surface area contributed by atoms with Gasteiger partial charge in [0.1, 0.15) is 5.75 Å². The molecule has 1 amide bonds. The van der Waals surface area contributed by atoms with E-state index in [2.05, 4.69) is 5.32 Å². The smallest absolute Gasteiger partial charge is 0.311 e. The number of benzene rings is 1. The number of phenols is 1. The number of hydrogen-bond acceptors (Lipinski definition) is 3. The molecule has 1 fully saturated rings. The lowest BCUT2D eigenvalue weighted by Gasteiger charge is -2.27. The maximum absolute atomic E-state index is 12.0. The molecule has 2 rings (SSSR count). The highest BCUT2D eigenvalue weighted by Gasteiger charge is 2.45. The molecule has 3 N–H and O–H groups in total. The van der Waals surface area contributed by atoms with Gasteiger partial charge in [0.2, 0.25) is 5.91 Å². The third kappa shape index (κ3) is 2.92. The van der Waals surface area contributed by atoms with Crippen LogP contribution in [0.15, 0.2) is 24.3 Å². The van der Waals surface area contributed by atoms with Crippen LogP contribution in [0.3, 0.4) is 0 Å². The van der Waals surface area contributed by atoms with Crippen molar-refractivity contribution in [2.24, 2.45) is 5.41 Å². The molecule has 0 bridgehead atoms. The number of carboxylic acids is 1. The van der Waals surface area contributed by atoms with Crippen LogP contribution >= 0.6 is 0 Å². The number of carbonyl (C=O) groups excluding carboxylic acids is 1. The molecule has 0 radical (unpaired) electrons. The minimum Gasteiger partial charge on any atom is -0.508 e. The third-order valence-electron chi connectivity index (χ3n) is 4.08. The van der Waals surface area contributed by atoms with Gasteiger partial charge in [-0.2, -0.15) is 0 Å². The van der Waals surface area contributed by atoms with E-state index in [-0.39, 0.29) is 24.1 Å². The monoisotopic (exact) mass is 277 g/mol. The Morgan fingerprint density at radius 2 is 2.00 bits per heavy atom. The van der Waals surface area contributed by atoms with Crippen LogP contribution in [-0.2, 0) is 16.0 Å². The van der Waals surface area contributed by atoms with Crippen molar-refractivity contribution >= 4 is 11.9 Å². The molecular formula is C15H19NO4. The van der Waals surface area contributed by atoms with Crippen molar-refractivity contribution in [3.63, 3.8) is 0 Å². The molecule has 5 heteroatoms. The van der Waals surface area contributed by atoms with Crippen LogP contribution in [0.25, 0.3) is 0 Å². The molecule has 0 aromatic heterocycles. The van der Waals surface area contributed by atoms with Gasteiger partial charge in [0, 0.05) is 6.04 Å². The van der Waals surface area contributed by atoms with Gasteiger partial charge in [0.25, 0.3) is 0 Å². The van der Waals surface area contributed by atoms with Crippen molar-refractivity contribution in [2.45, 2.75) is 38.6 Å². The SMILES string of the molecule is CC1(C(=O)O)CCCC1NC(=O)Cc1ccc(O)cc1. The van der Waals surface area contributed by atoms with Crippen LogP contribution in [0.5, 0.6) is 5.75 Å². The van der Waals surface area contributed by atoms with Crippen LogP contribution < -0.4 is 5.32 Å². The molecule has 5 nitrogen and oxygen atoms in total. The summed E-state index contributed by atoms with van der Waals surface area (Å²) in [4.78, 5) is 23.3. The summed E-state index contributed by atoms with van der Waals surface area (Å²) in [5.74, 6) is -0.886. The summed E-state index contributed by atoms with van der Waals surface area (Å²) in [7, 11) is 0. The van der Waals surface area contributed by atoms with E-state index in [1.807, 2.05) is 0 Å². The lowest BCUT2D eigenvalue weighted by Crippen LogP contribution is -2.47. The fourth-order valence-electron chi connectivity index (χ4n) is 2.70. The van der Waals surface area contributed by atoms with Gasteiger partial charge < -0.3 is 15.5 Å². The highest BCUT2D eigenvalue weighted by atomic mass is 16.4. The van der Waals surface area contributed by atoms with Gasteiger partial charge in [0.15, 0.2) is 0 Å². The van der Waals surface area contributed by atoms with Gasteiger partial charge in [-0.3, -0.25) is 9.59 Å². The summed E-state index contributed by atoms with van der Waals surface area (Å²) >= 11 is 0. The van der Waals surface area contributed by atoms with Crippen LogP contribution in [-0.4, -0.2) is 28.1 Å². The standard InChI is InChI=1S/C15H19NO4/c1-15(14(19)20)8-2-3-12(15)16-13(18)9-10-4-6-11(17)7-5-10/h4-7,12,17H,2-3,8-9H2,1H3,(H,16,18)(H,19,20). The van der Waals surface area contributed by atoms with Gasteiger partial charge in [-0.25, -0.2) is 0 Å². The largest absolute Gasteiger partial charge is 0.508 e. The van der Waals surface area contributed by atoms with Crippen LogP contribution in [0, 0.1) is 5.41 Å². The molecule has 2 atom stereocenters. The average molecular weight is 277 g/mol. The van der Waals surface area contributed by atoms with E-state index in [0.29, 0.717) is 12.8 Å². The fraction of sp³-hybridized carbons (Fsp3) is 0.467. The second kappa shape index (κ2) is 5.53. The molecular weight excluding hydrogens is 258 g/mol. The lowest BCUT2D eigenvalue weighted by molar-refractivity contribution is -0.149. The van der Waals surface area contributed by atoms with E-state index in [0.717, 1.165) is 12.0 Å². The average Bonchev–Trinajstić information content (AvgIpc) is 2.75. The molecule has 0 saturated heterocycles. The van der Waals surface area contributed by atoms with E-state index >= 15 is 0 Å². The first-order valence-electron chi connectivity index (χ1n) is 6.72. The van der Waals surface area contributed by atoms with E-state index in [1.54, 1.807) is 19.1 Å². The summed E-state index contributed by atoms with van der Waals surface area (Å²) in [6.45, 7) is 1.69. The van der Waals surface area contributed by atoms with Crippen molar-refractivity contribution in [1.29, 1.82) is 0 Å². The summed E-state index contributed by atoms with van der Waals surface area (Å²) in [6.07, 6.45) is 2.29. The number of carboxylic acid groups (broad SMARTS) is 1. The molecule has 1 aromatic carbocycles. The number of rotatable bonds is 4. The van der Waals surface area contributed by atoms with Crippen molar-refractivity contribution in [3.8, 4) is 5.75 Å². The molecule has 20 heavy (non-hydrogen) atoms. The van der Waals surface area contributed by atoms with Crippen molar-refractivity contribution in [2.75, 3.05) is 0 Å². The first-order valence-corrected chi connectivity index (χ1v) is 6.72. The zero-order chi connectivity index (χ0) is 14.8.